The Balaban J connectivity index is 2.02. The largest absolute Gasteiger partial charge is 0.375 e. The monoisotopic (exact) mass is 323 g/mol. The highest BCUT2D eigenvalue weighted by atomic mass is 16.3. The predicted molar refractivity (Wildman–Crippen MR) is 93.3 cm³/mol. The van der Waals surface area contributed by atoms with Gasteiger partial charge in [0.1, 0.15) is 0 Å². The molecule has 1 amide bonds. The summed E-state index contributed by atoms with van der Waals surface area (Å²) in [4.78, 5) is 26.9. The number of carbonyl (C=O) groups is 2. The van der Waals surface area contributed by atoms with Gasteiger partial charge in [0.25, 0.3) is 5.91 Å². The Labute approximate surface area is 141 Å². The fourth-order valence-corrected chi connectivity index (χ4v) is 3.73. The Hall–Kier alpha value is -2.46. The Kier molecular flexibility index (Phi) is 3.80. The molecule has 0 fully saturated rings. The average molecular weight is 323 g/mol. The summed E-state index contributed by atoms with van der Waals surface area (Å²) in [6, 6.07) is 11.0. The Morgan fingerprint density at radius 1 is 1.12 bits per heavy atom. The van der Waals surface area contributed by atoms with E-state index in [4.69, 9.17) is 0 Å². The molecule has 4 nitrogen and oxygen atoms in total. The summed E-state index contributed by atoms with van der Waals surface area (Å²) < 4.78 is 0. The van der Waals surface area contributed by atoms with Crippen LogP contribution in [-0.4, -0.2) is 23.8 Å². The molecule has 0 bridgehead atoms. The first-order chi connectivity index (χ1) is 11.3. The molecule has 124 valence electrons. The summed E-state index contributed by atoms with van der Waals surface area (Å²) in [5, 5.41) is 11.0. The minimum Gasteiger partial charge on any atom is -0.375 e. The molecule has 1 heterocycles. The molecule has 24 heavy (non-hydrogen) atoms. The van der Waals surface area contributed by atoms with Gasteiger partial charge in [0, 0.05) is 18.2 Å². The van der Waals surface area contributed by atoms with Crippen LogP contribution in [0.1, 0.15) is 39.0 Å². The van der Waals surface area contributed by atoms with E-state index in [0.29, 0.717) is 16.8 Å². The van der Waals surface area contributed by atoms with Gasteiger partial charge in [0.15, 0.2) is 11.4 Å². The number of fused-ring (bicyclic) bond motifs is 1. The first kappa shape index (κ1) is 16.4. The van der Waals surface area contributed by atoms with Crippen molar-refractivity contribution in [2.24, 2.45) is 0 Å². The van der Waals surface area contributed by atoms with Crippen LogP contribution in [0.25, 0.3) is 0 Å². The number of nitrogens with zero attached hydrogens (tertiary/aromatic N) is 1. The Morgan fingerprint density at radius 2 is 1.71 bits per heavy atom. The second-order valence-electron chi connectivity index (χ2n) is 6.62. The number of carbonyl (C=O) groups excluding carboxylic acids is 2. The van der Waals surface area contributed by atoms with E-state index >= 15 is 0 Å². The number of anilines is 1. The van der Waals surface area contributed by atoms with Gasteiger partial charge in [-0.3, -0.25) is 9.59 Å². The van der Waals surface area contributed by atoms with Gasteiger partial charge in [-0.1, -0.05) is 35.9 Å². The number of aliphatic hydroxyl groups is 1. The molecule has 1 aliphatic rings. The molecule has 3 rings (SSSR count). The third-order valence-corrected chi connectivity index (χ3v) is 4.74. The normalized spacial score (nSPS) is 19.5. The molecule has 1 atom stereocenters. The standard InChI is InChI=1S/C20H21NO3/c1-12-9-13(2)18(14(3)10-12)17(22)11-20(24)15-7-5-6-8-16(15)21(4)19(20)23/h5-10,24H,11H2,1-4H3/t20-/m0/s1. The quantitative estimate of drug-likeness (QED) is 0.883. The van der Waals surface area contributed by atoms with Crippen LogP contribution in [-0.2, 0) is 10.4 Å². The highest BCUT2D eigenvalue weighted by Crippen LogP contribution is 2.42. The molecule has 0 radical (unpaired) electrons. The van der Waals surface area contributed by atoms with Crippen LogP contribution in [0.4, 0.5) is 5.69 Å². The molecule has 0 saturated heterocycles. The van der Waals surface area contributed by atoms with Gasteiger partial charge in [0.05, 0.1) is 12.1 Å². The lowest BCUT2D eigenvalue weighted by molar-refractivity contribution is -0.135. The molecule has 2 aromatic carbocycles. The van der Waals surface area contributed by atoms with Crippen LogP contribution in [0.3, 0.4) is 0 Å². The maximum atomic E-state index is 12.9. The van der Waals surface area contributed by atoms with E-state index in [1.807, 2.05) is 39.0 Å². The fourth-order valence-electron chi connectivity index (χ4n) is 3.73. The van der Waals surface area contributed by atoms with Gasteiger partial charge in [-0.15, -0.1) is 0 Å². The van der Waals surface area contributed by atoms with Gasteiger partial charge in [0.2, 0.25) is 0 Å². The minimum atomic E-state index is -1.80. The molecule has 0 spiro atoms. The van der Waals surface area contributed by atoms with E-state index in [-0.39, 0.29) is 12.2 Å². The van der Waals surface area contributed by atoms with Crippen LogP contribution in [0.2, 0.25) is 0 Å². The summed E-state index contributed by atoms with van der Waals surface area (Å²) in [5.41, 5.74) is 2.76. The molecule has 4 heteroatoms. The van der Waals surface area contributed by atoms with Crippen molar-refractivity contribution in [1.29, 1.82) is 0 Å². The summed E-state index contributed by atoms with van der Waals surface area (Å²) in [6.07, 6.45) is -0.252. The van der Waals surface area contributed by atoms with Crippen molar-refractivity contribution in [2.75, 3.05) is 11.9 Å². The van der Waals surface area contributed by atoms with Gasteiger partial charge in [-0.2, -0.15) is 0 Å². The van der Waals surface area contributed by atoms with Crippen LogP contribution < -0.4 is 4.90 Å². The SMILES string of the molecule is Cc1cc(C)c(C(=O)C[C@@]2(O)C(=O)N(C)c3ccccc32)c(C)c1. The lowest BCUT2D eigenvalue weighted by atomic mass is 9.85. The van der Waals surface area contributed by atoms with Crippen molar-refractivity contribution in [3.8, 4) is 0 Å². The van der Waals surface area contributed by atoms with Gasteiger partial charge >= 0.3 is 0 Å². The number of ketones is 1. The van der Waals surface area contributed by atoms with E-state index in [1.54, 1.807) is 25.2 Å². The molecule has 0 aliphatic carbocycles. The van der Waals surface area contributed by atoms with Crippen LogP contribution >= 0.6 is 0 Å². The second kappa shape index (κ2) is 5.56. The summed E-state index contributed by atoms with van der Waals surface area (Å²) in [6.45, 7) is 5.75. The van der Waals surface area contributed by atoms with Crippen LogP contribution in [0.5, 0.6) is 0 Å². The lowest BCUT2D eigenvalue weighted by Gasteiger charge is -2.22. The zero-order chi connectivity index (χ0) is 17.6. The van der Waals surface area contributed by atoms with Crippen molar-refractivity contribution in [3.63, 3.8) is 0 Å². The number of amides is 1. The van der Waals surface area contributed by atoms with E-state index in [1.165, 1.54) is 4.90 Å². The highest BCUT2D eigenvalue weighted by Gasteiger charge is 2.49. The van der Waals surface area contributed by atoms with Crippen molar-refractivity contribution in [3.05, 3.63) is 64.2 Å². The van der Waals surface area contributed by atoms with Crippen LogP contribution in [0, 0.1) is 20.8 Å². The maximum absolute atomic E-state index is 12.9. The highest BCUT2D eigenvalue weighted by molar-refractivity contribution is 6.11. The van der Waals surface area contributed by atoms with E-state index in [2.05, 4.69) is 0 Å². The molecule has 1 N–H and O–H groups in total. The number of rotatable bonds is 3. The summed E-state index contributed by atoms with van der Waals surface area (Å²) >= 11 is 0. The fraction of sp³-hybridized carbons (Fsp3) is 0.300. The van der Waals surface area contributed by atoms with Crippen LogP contribution in [0.15, 0.2) is 36.4 Å². The first-order valence-electron chi connectivity index (χ1n) is 7.97. The number of likely N-dealkylation sites (N-methyl/N-ethyl adjacent to an activating group) is 1. The maximum Gasteiger partial charge on any atom is 0.263 e. The van der Waals surface area contributed by atoms with Crippen molar-refractivity contribution in [1.82, 2.24) is 0 Å². The second-order valence-corrected chi connectivity index (χ2v) is 6.62. The molecular formula is C20H21NO3. The smallest absolute Gasteiger partial charge is 0.263 e. The third kappa shape index (κ3) is 2.34. The average Bonchev–Trinajstić information content (AvgIpc) is 2.69. The first-order valence-corrected chi connectivity index (χ1v) is 7.97. The zero-order valence-electron chi connectivity index (χ0n) is 14.4. The minimum absolute atomic E-state index is 0.217. The number of para-hydroxylation sites is 1. The topological polar surface area (TPSA) is 57.6 Å². The molecule has 0 saturated carbocycles. The van der Waals surface area contributed by atoms with E-state index in [9.17, 15) is 14.7 Å². The number of benzene rings is 2. The van der Waals surface area contributed by atoms with Crippen molar-refractivity contribution < 1.29 is 14.7 Å². The van der Waals surface area contributed by atoms with E-state index < -0.39 is 11.5 Å². The van der Waals surface area contributed by atoms with Crippen molar-refractivity contribution in [2.45, 2.75) is 32.8 Å². The number of hydrogen-bond acceptors (Lipinski definition) is 3. The van der Waals surface area contributed by atoms with Gasteiger partial charge in [-0.25, -0.2) is 0 Å². The van der Waals surface area contributed by atoms with Gasteiger partial charge in [-0.05, 0) is 38.0 Å². The number of Topliss-reactive ketones (excluding diaryl/α,β-unsaturated/α-hetero) is 1. The number of hydrogen-bond donors (Lipinski definition) is 1. The molecule has 0 aromatic heterocycles. The third-order valence-electron chi connectivity index (χ3n) is 4.74. The van der Waals surface area contributed by atoms with Crippen molar-refractivity contribution >= 4 is 17.4 Å². The molecule has 1 aliphatic heterocycles. The van der Waals surface area contributed by atoms with E-state index in [0.717, 1.165) is 16.7 Å². The molecule has 0 unspecified atom stereocenters. The number of aryl methyl sites for hydroxylation is 3. The Morgan fingerprint density at radius 3 is 2.33 bits per heavy atom. The molecule has 2 aromatic rings. The summed E-state index contributed by atoms with van der Waals surface area (Å²) in [7, 11) is 1.62. The summed E-state index contributed by atoms with van der Waals surface area (Å²) in [5.74, 6) is -0.676. The zero-order valence-corrected chi connectivity index (χ0v) is 14.4. The predicted octanol–water partition coefficient (Wildman–Crippen LogP) is 3.05. The molecular weight excluding hydrogens is 302 g/mol. The Bertz CT molecular complexity index is 833. The van der Waals surface area contributed by atoms with Gasteiger partial charge < -0.3 is 10.0 Å². The lowest BCUT2D eigenvalue weighted by Crippen LogP contribution is -2.40.